The Balaban J connectivity index is 1.30. The zero-order chi connectivity index (χ0) is 22.8. The summed E-state index contributed by atoms with van der Waals surface area (Å²) in [5.41, 5.74) is 3.94. The molecule has 2 N–H and O–H groups in total. The maximum absolute atomic E-state index is 12.9. The standard InChI is InChI=1S/C25H27N7O/c1-3-31(4-2)19-15-32(16-19)24(33)23-14-17-13-18(8-9-20(17)29-23)28-25-27-12-10-22(30-25)21-7-5-6-11-26-21/h5-14,19,29H,3-4,15-16H2,1-2H3,(H,27,28,30). The first kappa shape index (κ1) is 21.1. The quantitative estimate of drug-likeness (QED) is 0.452. The fourth-order valence-electron chi connectivity index (χ4n) is 4.29. The Morgan fingerprint density at radius 3 is 2.67 bits per heavy atom. The zero-order valence-electron chi connectivity index (χ0n) is 18.8. The minimum absolute atomic E-state index is 0.0514. The van der Waals surface area contributed by atoms with Crippen LogP contribution in [0.25, 0.3) is 22.3 Å². The van der Waals surface area contributed by atoms with E-state index in [4.69, 9.17) is 0 Å². The monoisotopic (exact) mass is 441 g/mol. The Labute approximate surface area is 192 Å². The van der Waals surface area contributed by atoms with Crippen LogP contribution < -0.4 is 5.32 Å². The molecule has 0 saturated carbocycles. The number of pyridine rings is 1. The van der Waals surface area contributed by atoms with Crippen LogP contribution in [-0.2, 0) is 0 Å². The lowest BCUT2D eigenvalue weighted by atomic mass is 10.1. The van der Waals surface area contributed by atoms with E-state index in [1.165, 1.54) is 0 Å². The minimum Gasteiger partial charge on any atom is -0.351 e. The van der Waals surface area contributed by atoms with Gasteiger partial charge in [0.15, 0.2) is 0 Å². The van der Waals surface area contributed by atoms with Crippen LogP contribution in [0.3, 0.4) is 0 Å². The summed E-state index contributed by atoms with van der Waals surface area (Å²) in [5.74, 6) is 0.544. The molecule has 4 aromatic rings. The number of fused-ring (bicyclic) bond motifs is 1. The van der Waals surface area contributed by atoms with Gasteiger partial charge in [-0.15, -0.1) is 0 Å². The van der Waals surface area contributed by atoms with Crippen molar-refractivity contribution in [1.82, 2.24) is 29.7 Å². The van der Waals surface area contributed by atoms with Crippen LogP contribution in [0.5, 0.6) is 0 Å². The van der Waals surface area contributed by atoms with Crippen molar-refractivity contribution in [2.24, 2.45) is 0 Å². The van der Waals surface area contributed by atoms with Gasteiger partial charge in [-0.25, -0.2) is 9.97 Å². The van der Waals surface area contributed by atoms with E-state index in [1.54, 1.807) is 12.4 Å². The average Bonchev–Trinajstić information content (AvgIpc) is 3.25. The van der Waals surface area contributed by atoms with Crippen molar-refractivity contribution in [3.05, 3.63) is 66.6 Å². The third-order valence-corrected chi connectivity index (χ3v) is 6.17. The van der Waals surface area contributed by atoms with E-state index in [-0.39, 0.29) is 5.91 Å². The second-order valence-electron chi connectivity index (χ2n) is 8.18. The molecule has 1 aliphatic heterocycles. The summed E-state index contributed by atoms with van der Waals surface area (Å²) in [7, 11) is 0. The van der Waals surface area contributed by atoms with Gasteiger partial charge in [-0.3, -0.25) is 14.7 Å². The van der Waals surface area contributed by atoms with Crippen LogP contribution in [0, 0.1) is 0 Å². The molecule has 0 aliphatic carbocycles. The molecule has 1 aromatic carbocycles. The van der Waals surface area contributed by atoms with Crippen LogP contribution in [0.2, 0.25) is 0 Å². The molecular formula is C25H27N7O. The molecule has 1 saturated heterocycles. The first-order chi connectivity index (χ1) is 16.1. The summed E-state index contributed by atoms with van der Waals surface area (Å²) in [6.45, 7) is 7.92. The van der Waals surface area contributed by atoms with Gasteiger partial charge in [0, 0.05) is 48.1 Å². The SMILES string of the molecule is CCN(CC)C1CN(C(=O)c2cc3cc(Nc4nccc(-c5ccccn5)n4)ccc3[nH]2)C1. The number of aromatic amines is 1. The van der Waals surface area contributed by atoms with Crippen LogP contribution in [0.1, 0.15) is 24.3 Å². The fourth-order valence-corrected chi connectivity index (χ4v) is 4.29. The van der Waals surface area contributed by atoms with E-state index >= 15 is 0 Å². The lowest BCUT2D eigenvalue weighted by Gasteiger charge is -2.44. The molecule has 1 fully saturated rings. The lowest BCUT2D eigenvalue weighted by Crippen LogP contribution is -2.61. The molecule has 0 radical (unpaired) electrons. The van der Waals surface area contributed by atoms with Gasteiger partial charge in [0.1, 0.15) is 5.69 Å². The summed E-state index contributed by atoms with van der Waals surface area (Å²) in [4.78, 5) is 33.7. The molecule has 33 heavy (non-hydrogen) atoms. The van der Waals surface area contributed by atoms with Gasteiger partial charge < -0.3 is 15.2 Å². The van der Waals surface area contributed by atoms with E-state index in [0.717, 1.165) is 54.2 Å². The molecule has 5 rings (SSSR count). The number of rotatable bonds is 7. The molecular weight excluding hydrogens is 414 g/mol. The maximum Gasteiger partial charge on any atom is 0.270 e. The second kappa shape index (κ2) is 8.99. The molecule has 0 atom stereocenters. The van der Waals surface area contributed by atoms with E-state index in [9.17, 15) is 4.79 Å². The molecule has 0 unspecified atom stereocenters. The van der Waals surface area contributed by atoms with Gasteiger partial charge in [0.25, 0.3) is 5.91 Å². The number of carbonyl (C=O) groups excluding carboxylic acids is 1. The van der Waals surface area contributed by atoms with Crippen LogP contribution in [-0.4, -0.2) is 67.9 Å². The van der Waals surface area contributed by atoms with Crippen molar-refractivity contribution in [3.63, 3.8) is 0 Å². The number of benzene rings is 1. The molecule has 0 spiro atoms. The fraction of sp³-hybridized carbons (Fsp3) is 0.280. The molecule has 8 nitrogen and oxygen atoms in total. The first-order valence-corrected chi connectivity index (χ1v) is 11.3. The van der Waals surface area contributed by atoms with Crippen molar-refractivity contribution >= 4 is 28.4 Å². The molecule has 8 heteroatoms. The Kier molecular flexibility index (Phi) is 5.75. The Morgan fingerprint density at radius 1 is 1.06 bits per heavy atom. The number of amides is 1. The topological polar surface area (TPSA) is 90.0 Å². The largest absolute Gasteiger partial charge is 0.351 e. The number of nitrogens with zero attached hydrogens (tertiary/aromatic N) is 5. The Hall–Kier alpha value is -3.78. The smallest absolute Gasteiger partial charge is 0.270 e. The molecule has 4 heterocycles. The summed E-state index contributed by atoms with van der Waals surface area (Å²) < 4.78 is 0. The average molecular weight is 442 g/mol. The van der Waals surface area contributed by atoms with Gasteiger partial charge in [-0.05, 0) is 55.6 Å². The highest BCUT2D eigenvalue weighted by atomic mass is 16.2. The number of hydrogen-bond donors (Lipinski definition) is 2. The summed E-state index contributed by atoms with van der Waals surface area (Å²) in [6.07, 6.45) is 3.46. The van der Waals surface area contributed by atoms with Gasteiger partial charge in [-0.2, -0.15) is 0 Å². The van der Waals surface area contributed by atoms with Crippen molar-refractivity contribution in [2.45, 2.75) is 19.9 Å². The van der Waals surface area contributed by atoms with Gasteiger partial charge >= 0.3 is 0 Å². The molecule has 0 bridgehead atoms. The minimum atomic E-state index is 0.0514. The molecule has 168 valence electrons. The number of anilines is 2. The highest BCUT2D eigenvalue weighted by Crippen LogP contribution is 2.25. The van der Waals surface area contributed by atoms with Crippen molar-refractivity contribution in [2.75, 3.05) is 31.5 Å². The Bertz CT molecular complexity index is 1260. The summed E-state index contributed by atoms with van der Waals surface area (Å²) in [5, 5.41) is 4.22. The van der Waals surface area contributed by atoms with Gasteiger partial charge in [-0.1, -0.05) is 19.9 Å². The van der Waals surface area contributed by atoms with E-state index in [2.05, 4.69) is 44.0 Å². The Morgan fingerprint density at radius 2 is 1.91 bits per heavy atom. The highest BCUT2D eigenvalue weighted by Gasteiger charge is 2.34. The van der Waals surface area contributed by atoms with Crippen molar-refractivity contribution in [1.29, 1.82) is 0 Å². The predicted octanol–water partition coefficient (Wildman–Crippen LogP) is 3.93. The van der Waals surface area contributed by atoms with Crippen LogP contribution in [0.4, 0.5) is 11.6 Å². The number of likely N-dealkylation sites (N-methyl/N-ethyl adjacent to an activating group) is 1. The van der Waals surface area contributed by atoms with Crippen LogP contribution in [0.15, 0.2) is 60.9 Å². The van der Waals surface area contributed by atoms with Crippen LogP contribution >= 0.6 is 0 Å². The zero-order valence-corrected chi connectivity index (χ0v) is 18.8. The number of H-pyrrole nitrogens is 1. The normalized spacial score (nSPS) is 14.0. The molecule has 1 aliphatic rings. The predicted molar refractivity (Wildman–Crippen MR) is 129 cm³/mol. The van der Waals surface area contributed by atoms with Gasteiger partial charge in [0.2, 0.25) is 5.95 Å². The summed E-state index contributed by atoms with van der Waals surface area (Å²) in [6, 6.07) is 15.8. The second-order valence-corrected chi connectivity index (χ2v) is 8.18. The number of hydrogen-bond acceptors (Lipinski definition) is 6. The maximum atomic E-state index is 12.9. The first-order valence-electron chi connectivity index (χ1n) is 11.3. The number of carbonyl (C=O) groups is 1. The third kappa shape index (κ3) is 4.29. The van der Waals surface area contributed by atoms with Crippen molar-refractivity contribution < 1.29 is 4.79 Å². The van der Waals surface area contributed by atoms with Gasteiger partial charge in [0.05, 0.1) is 11.4 Å². The highest BCUT2D eigenvalue weighted by molar-refractivity contribution is 5.99. The number of nitrogens with one attached hydrogen (secondary N) is 2. The van der Waals surface area contributed by atoms with Crippen molar-refractivity contribution in [3.8, 4) is 11.4 Å². The summed E-state index contributed by atoms with van der Waals surface area (Å²) >= 11 is 0. The molecule has 1 amide bonds. The lowest BCUT2D eigenvalue weighted by molar-refractivity contribution is 0.0291. The van der Waals surface area contributed by atoms with E-state index < -0.39 is 0 Å². The number of likely N-dealkylation sites (tertiary alicyclic amines) is 1. The molecule has 3 aromatic heterocycles. The van der Waals surface area contributed by atoms with E-state index in [0.29, 0.717) is 17.7 Å². The third-order valence-electron chi connectivity index (χ3n) is 6.17. The number of aromatic nitrogens is 4. The van der Waals surface area contributed by atoms with E-state index in [1.807, 2.05) is 53.4 Å².